The fourth-order valence-electron chi connectivity index (χ4n) is 2.19. The van der Waals surface area contributed by atoms with Crippen LogP contribution in [0.1, 0.15) is 0 Å². The average Bonchev–Trinajstić information content (AvgIpc) is 2.64. The molecule has 0 amide bonds. The van der Waals surface area contributed by atoms with Crippen LogP contribution in [0.5, 0.6) is 0 Å². The maximum Gasteiger partial charge on any atom is 0.258 e. The minimum absolute atomic E-state index is 0.341. The fourth-order valence-corrected chi connectivity index (χ4v) is 2.19. The lowest BCUT2D eigenvalue weighted by Gasteiger charge is -2.20. The van der Waals surface area contributed by atoms with Crippen LogP contribution in [0.15, 0.2) is 12.4 Å². The quantitative estimate of drug-likeness (QED) is 0.605. The highest BCUT2D eigenvalue weighted by atomic mass is 19.3. The molecule has 0 spiro atoms. The van der Waals surface area contributed by atoms with E-state index < -0.39 is 17.8 Å². The van der Waals surface area contributed by atoms with E-state index in [2.05, 4.69) is 9.97 Å². The molecule has 6 heteroatoms. The molecule has 1 aliphatic heterocycles. The van der Waals surface area contributed by atoms with Crippen molar-refractivity contribution in [1.29, 1.82) is 0 Å². The van der Waals surface area contributed by atoms with Crippen molar-refractivity contribution in [2.45, 2.75) is 5.92 Å². The van der Waals surface area contributed by atoms with Gasteiger partial charge in [0.25, 0.3) is 5.92 Å². The largest absolute Gasteiger partial charge is 0.354 e. The zero-order chi connectivity index (χ0) is 10.6. The van der Waals surface area contributed by atoms with Crippen molar-refractivity contribution in [2.24, 2.45) is 11.8 Å². The van der Waals surface area contributed by atoms with Crippen LogP contribution in [-0.2, 0) is 0 Å². The van der Waals surface area contributed by atoms with Crippen LogP contribution in [0.4, 0.5) is 14.6 Å². The summed E-state index contributed by atoms with van der Waals surface area (Å²) in [5.74, 6) is -2.79. The number of rotatable bonds is 1. The molecule has 15 heavy (non-hydrogen) atoms. The Morgan fingerprint density at radius 3 is 2.47 bits per heavy atom. The number of alkyl halides is 2. The van der Waals surface area contributed by atoms with E-state index in [0.29, 0.717) is 24.5 Å². The van der Waals surface area contributed by atoms with E-state index in [9.17, 15) is 8.78 Å². The number of anilines is 1. The lowest BCUT2D eigenvalue weighted by atomic mass is 10.1. The zero-order valence-electron chi connectivity index (χ0n) is 7.90. The van der Waals surface area contributed by atoms with E-state index in [1.165, 1.54) is 12.4 Å². The van der Waals surface area contributed by atoms with Gasteiger partial charge < -0.3 is 4.90 Å². The summed E-state index contributed by atoms with van der Waals surface area (Å²) in [6, 6.07) is 0. The molecule has 0 bridgehead atoms. The van der Waals surface area contributed by atoms with Gasteiger partial charge in [0.15, 0.2) is 0 Å². The molecule has 1 aliphatic carbocycles. The predicted octanol–water partition coefficient (Wildman–Crippen LogP) is -0.0283. The molecule has 2 aliphatic rings. The van der Waals surface area contributed by atoms with Crippen molar-refractivity contribution in [2.75, 3.05) is 18.0 Å². The van der Waals surface area contributed by atoms with E-state index in [1.54, 1.807) is 0 Å². The Morgan fingerprint density at radius 2 is 1.93 bits per heavy atom. The van der Waals surface area contributed by atoms with Gasteiger partial charge in [-0.2, -0.15) is 0 Å². The van der Waals surface area contributed by atoms with Crippen molar-refractivity contribution < 1.29 is 8.78 Å². The highest BCUT2D eigenvalue weighted by molar-refractivity contribution is 6.30. The van der Waals surface area contributed by atoms with Gasteiger partial charge in [-0.3, -0.25) is 4.98 Å². The van der Waals surface area contributed by atoms with Crippen LogP contribution in [0.3, 0.4) is 0 Å². The topological polar surface area (TPSA) is 29.0 Å². The second kappa shape index (κ2) is 2.68. The van der Waals surface area contributed by atoms with Crippen LogP contribution in [0.25, 0.3) is 0 Å². The summed E-state index contributed by atoms with van der Waals surface area (Å²) in [5, 5.41) is 0. The summed E-state index contributed by atoms with van der Waals surface area (Å²) >= 11 is 0. The third kappa shape index (κ3) is 1.23. The molecule has 76 valence electrons. The first-order chi connectivity index (χ1) is 7.09. The highest BCUT2D eigenvalue weighted by Crippen LogP contribution is 2.59. The van der Waals surface area contributed by atoms with Crippen LogP contribution in [0, 0.1) is 11.8 Å². The molecule has 1 aromatic rings. The van der Waals surface area contributed by atoms with Gasteiger partial charge in [-0.25, -0.2) is 13.8 Å². The number of nitrogens with zero attached hydrogens (tertiary/aromatic N) is 3. The number of aromatic nitrogens is 2. The molecule has 0 aromatic carbocycles. The van der Waals surface area contributed by atoms with E-state index in [0.717, 1.165) is 0 Å². The van der Waals surface area contributed by atoms with E-state index in [4.69, 9.17) is 7.85 Å². The minimum atomic E-state index is -2.45. The summed E-state index contributed by atoms with van der Waals surface area (Å²) in [7, 11) is 5.39. The lowest BCUT2D eigenvalue weighted by Crippen LogP contribution is -2.28. The van der Waals surface area contributed by atoms with Gasteiger partial charge in [0.2, 0.25) is 0 Å². The second-order valence-electron chi connectivity index (χ2n) is 4.09. The standard InChI is InChI=1S/C9H8BF2N3/c10-7-1-14-8(2-13-7)15-3-5-6(4-15)9(5,11)12/h1-2,5-6H,3-4H2. The Bertz CT molecular complexity index is 381. The maximum atomic E-state index is 12.9. The molecule has 2 radical (unpaired) electrons. The molecule has 3 nitrogen and oxygen atoms in total. The van der Waals surface area contributed by atoms with Crippen LogP contribution < -0.4 is 10.5 Å². The Balaban J connectivity index is 1.75. The van der Waals surface area contributed by atoms with E-state index >= 15 is 0 Å². The second-order valence-corrected chi connectivity index (χ2v) is 4.09. The first kappa shape index (κ1) is 9.06. The lowest BCUT2D eigenvalue weighted by molar-refractivity contribution is 0.0797. The molecule has 3 rings (SSSR count). The summed E-state index contributed by atoms with van der Waals surface area (Å²) in [4.78, 5) is 9.78. The van der Waals surface area contributed by atoms with Gasteiger partial charge in [-0.05, 0) is 0 Å². The number of piperidine rings is 1. The van der Waals surface area contributed by atoms with Gasteiger partial charge in [0, 0.05) is 24.9 Å². The highest BCUT2D eigenvalue weighted by Gasteiger charge is 2.71. The average molecular weight is 207 g/mol. The van der Waals surface area contributed by atoms with Crippen LogP contribution >= 0.6 is 0 Å². The molecule has 0 N–H and O–H groups in total. The van der Waals surface area contributed by atoms with Crippen molar-refractivity contribution >= 4 is 19.3 Å². The molecule has 2 atom stereocenters. The van der Waals surface area contributed by atoms with Crippen molar-refractivity contribution in [3.63, 3.8) is 0 Å². The molecule has 1 aromatic heterocycles. The first-order valence-corrected chi connectivity index (χ1v) is 4.79. The van der Waals surface area contributed by atoms with Gasteiger partial charge in [0.1, 0.15) is 13.7 Å². The van der Waals surface area contributed by atoms with Crippen LogP contribution in [-0.4, -0.2) is 36.8 Å². The number of fused-ring (bicyclic) bond motifs is 1. The van der Waals surface area contributed by atoms with Gasteiger partial charge in [0.05, 0.1) is 18.0 Å². The first-order valence-electron chi connectivity index (χ1n) is 4.79. The van der Waals surface area contributed by atoms with E-state index in [1.807, 2.05) is 4.90 Å². The smallest absolute Gasteiger partial charge is 0.258 e. The molecule has 2 fully saturated rings. The summed E-state index contributed by atoms with van der Waals surface area (Å²) in [6.45, 7) is 0.743. The SMILES string of the molecule is [B]c1cnc(N2CC3C(C2)C3(F)F)cn1. The molecular formula is C9H8BF2N3. The summed E-state index contributed by atoms with van der Waals surface area (Å²) < 4.78 is 25.8. The van der Waals surface area contributed by atoms with Gasteiger partial charge in [-0.15, -0.1) is 0 Å². The molecular weight excluding hydrogens is 199 g/mol. The monoisotopic (exact) mass is 207 g/mol. The van der Waals surface area contributed by atoms with Crippen LogP contribution in [0.2, 0.25) is 0 Å². The number of halogens is 2. The third-order valence-corrected chi connectivity index (χ3v) is 3.18. The summed E-state index contributed by atoms with van der Waals surface area (Å²) in [5.41, 5.74) is 0.341. The normalized spacial score (nSPS) is 31.5. The Labute approximate surface area is 86.9 Å². The van der Waals surface area contributed by atoms with Crippen molar-refractivity contribution in [3.8, 4) is 0 Å². The predicted molar refractivity (Wildman–Crippen MR) is 51.6 cm³/mol. The Kier molecular flexibility index (Phi) is 1.62. The third-order valence-electron chi connectivity index (χ3n) is 3.18. The van der Waals surface area contributed by atoms with Crippen molar-refractivity contribution in [3.05, 3.63) is 12.4 Å². The van der Waals surface area contributed by atoms with Gasteiger partial charge in [-0.1, -0.05) is 0 Å². The summed E-state index contributed by atoms with van der Waals surface area (Å²) in [6.07, 6.45) is 2.97. The molecule has 2 heterocycles. The molecule has 1 saturated carbocycles. The Morgan fingerprint density at radius 1 is 1.27 bits per heavy atom. The van der Waals surface area contributed by atoms with E-state index in [-0.39, 0.29) is 0 Å². The number of hydrogen-bond donors (Lipinski definition) is 0. The minimum Gasteiger partial charge on any atom is -0.354 e. The molecule has 2 unspecified atom stereocenters. The molecule has 1 saturated heterocycles. The fraction of sp³-hybridized carbons (Fsp3) is 0.556. The van der Waals surface area contributed by atoms with Gasteiger partial charge >= 0.3 is 0 Å². The van der Waals surface area contributed by atoms with Crippen molar-refractivity contribution in [1.82, 2.24) is 9.97 Å². The number of hydrogen-bond acceptors (Lipinski definition) is 3. The maximum absolute atomic E-state index is 12.9. The zero-order valence-corrected chi connectivity index (χ0v) is 7.90. The Hall–Kier alpha value is -1.20.